The molecule has 0 heterocycles. The standard InChI is InChI=1S/C23H28O5S/c1-3-6-23(24)28-18-5-4-17-27-21-13-9-19(10-14-21)7-8-20-11-15-22(16-12-20)29(2,25)26/h7-16H,3-6,17-18H2,1-2H3/b8-7-. The van der Waals surface area contributed by atoms with Gasteiger partial charge in [-0.1, -0.05) is 43.3 Å². The zero-order chi connectivity index (χ0) is 21.1. The minimum absolute atomic E-state index is 0.136. The molecule has 0 atom stereocenters. The van der Waals surface area contributed by atoms with Gasteiger partial charge in [-0.2, -0.15) is 0 Å². The average molecular weight is 417 g/mol. The van der Waals surface area contributed by atoms with Crippen LogP contribution in [-0.2, 0) is 19.4 Å². The molecule has 0 bridgehead atoms. The van der Waals surface area contributed by atoms with Gasteiger partial charge in [0.1, 0.15) is 5.75 Å². The molecule has 6 heteroatoms. The van der Waals surface area contributed by atoms with Crippen molar-refractivity contribution in [3.63, 3.8) is 0 Å². The van der Waals surface area contributed by atoms with Crippen LogP contribution in [0.15, 0.2) is 53.4 Å². The Morgan fingerprint density at radius 2 is 1.45 bits per heavy atom. The number of unbranched alkanes of at least 4 members (excludes halogenated alkanes) is 1. The summed E-state index contributed by atoms with van der Waals surface area (Å²) >= 11 is 0. The summed E-state index contributed by atoms with van der Waals surface area (Å²) in [5.74, 6) is 0.658. The van der Waals surface area contributed by atoms with Gasteiger partial charge in [-0.3, -0.25) is 4.79 Å². The van der Waals surface area contributed by atoms with E-state index in [-0.39, 0.29) is 5.97 Å². The van der Waals surface area contributed by atoms with Gasteiger partial charge < -0.3 is 9.47 Å². The molecule has 0 N–H and O–H groups in total. The van der Waals surface area contributed by atoms with E-state index in [9.17, 15) is 13.2 Å². The molecule has 2 aromatic carbocycles. The predicted molar refractivity (Wildman–Crippen MR) is 116 cm³/mol. The fraction of sp³-hybridized carbons (Fsp3) is 0.348. The summed E-state index contributed by atoms with van der Waals surface area (Å²) in [7, 11) is -3.17. The van der Waals surface area contributed by atoms with Crippen molar-refractivity contribution in [2.75, 3.05) is 19.5 Å². The molecule has 0 aliphatic rings. The van der Waals surface area contributed by atoms with Gasteiger partial charge in [0.05, 0.1) is 18.1 Å². The molecular formula is C23H28O5S. The maximum Gasteiger partial charge on any atom is 0.305 e. The number of esters is 1. The Kier molecular flexibility index (Phi) is 8.93. The highest BCUT2D eigenvalue weighted by molar-refractivity contribution is 7.90. The van der Waals surface area contributed by atoms with E-state index in [0.717, 1.165) is 36.1 Å². The lowest BCUT2D eigenvalue weighted by Gasteiger charge is -2.07. The monoisotopic (exact) mass is 416 g/mol. The summed E-state index contributed by atoms with van der Waals surface area (Å²) < 4.78 is 33.8. The summed E-state index contributed by atoms with van der Waals surface area (Å²) in [5.41, 5.74) is 1.95. The van der Waals surface area contributed by atoms with Crippen LogP contribution in [0.2, 0.25) is 0 Å². The smallest absolute Gasteiger partial charge is 0.305 e. The Morgan fingerprint density at radius 1 is 0.897 bits per heavy atom. The number of sulfone groups is 1. The van der Waals surface area contributed by atoms with E-state index in [1.54, 1.807) is 24.3 Å². The third-order valence-electron chi connectivity index (χ3n) is 4.18. The second-order valence-electron chi connectivity index (χ2n) is 6.77. The molecule has 0 radical (unpaired) electrons. The van der Waals surface area contributed by atoms with E-state index in [0.29, 0.717) is 24.5 Å². The molecule has 0 aliphatic carbocycles. The highest BCUT2D eigenvalue weighted by atomic mass is 32.2. The summed E-state index contributed by atoms with van der Waals surface area (Å²) in [4.78, 5) is 11.6. The number of hydrogen-bond donors (Lipinski definition) is 0. The van der Waals surface area contributed by atoms with Crippen LogP contribution in [0.4, 0.5) is 0 Å². The van der Waals surface area contributed by atoms with Crippen LogP contribution in [0.25, 0.3) is 12.2 Å². The van der Waals surface area contributed by atoms with Gasteiger partial charge in [-0.25, -0.2) is 8.42 Å². The molecule has 0 spiro atoms. The third kappa shape index (κ3) is 8.52. The van der Waals surface area contributed by atoms with E-state index in [1.807, 2.05) is 43.3 Å². The largest absolute Gasteiger partial charge is 0.494 e. The minimum atomic E-state index is -3.17. The number of ether oxygens (including phenoxy) is 2. The van der Waals surface area contributed by atoms with Crippen molar-refractivity contribution < 1.29 is 22.7 Å². The van der Waals surface area contributed by atoms with Crippen LogP contribution >= 0.6 is 0 Å². The second kappa shape index (κ2) is 11.4. The van der Waals surface area contributed by atoms with E-state index in [1.165, 1.54) is 6.26 Å². The Hall–Kier alpha value is -2.60. The highest BCUT2D eigenvalue weighted by Gasteiger charge is 2.05. The molecule has 2 rings (SSSR count). The van der Waals surface area contributed by atoms with Crippen molar-refractivity contribution in [3.05, 3.63) is 59.7 Å². The maximum atomic E-state index is 11.5. The lowest BCUT2D eigenvalue weighted by Crippen LogP contribution is -2.06. The Bertz CT molecular complexity index is 897. The molecule has 156 valence electrons. The van der Waals surface area contributed by atoms with E-state index in [2.05, 4.69) is 0 Å². The Labute approximate surface area is 173 Å². The SMILES string of the molecule is CCCC(=O)OCCCCOc1ccc(/C=C\c2ccc(S(C)(=O)=O)cc2)cc1. The van der Waals surface area contributed by atoms with Crippen molar-refractivity contribution in [3.8, 4) is 5.75 Å². The molecular weight excluding hydrogens is 388 g/mol. The third-order valence-corrected chi connectivity index (χ3v) is 5.31. The molecule has 0 saturated carbocycles. The van der Waals surface area contributed by atoms with Crippen LogP contribution in [0, 0.1) is 0 Å². The van der Waals surface area contributed by atoms with Crippen LogP contribution in [0.5, 0.6) is 5.75 Å². The second-order valence-corrected chi connectivity index (χ2v) is 8.79. The predicted octanol–water partition coefficient (Wildman–Crippen LogP) is 4.76. The number of carbonyl (C=O) groups is 1. The lowest BCUT2D eigenvalue weighted by atomic mass is 10.1. The lowest BCUT2D eigenvalue weighted by molar-refractivity contribution is -0.143. The van der Waals surface area contributed by atoms with Gasteiger partial charge >= 0.3 is 5.97 Å². The number of benzene rings is 2. The Morgan fingerprint density at radius 3 is 2.00 bits per heavy atom. The molecule has 2 aromatic rings. The molecule has 0 aliphatic heterocycles. The van der Waals surface area contributed by atoms with Crippen LogP contribution in [0.3, 0.4) is 0 Å². The fourth-order valence-electron chi connectivity index (χ4n) is 2.55. The van der Waals surface area contributed by atoms with E-state index in [4.69, 9.17) is 9.47 Å². The summed E-state index contributed by atoms with van der Waals surface area (Å²) in [5, 5.41) is 0. The van der Waals surface area contributed by atoms with Crippen molar-refractivity contribution in [2.45, 2.75) is 37.5 Å². The van der Waals surface area contributed by atoms with Gasteiger partial charge in [0.15, 0.2) is 9.84 Å². The van der Waals surface area contributed by atoms with Crippen molar-refractivity contribution >= 4 is 28.0 Å². The average Bonchev–Trinajstić information content (AvgIpc) is 2.70. The molecule has 0 aromatic heterocycles. The van der Waals surface area contributed by atoms with Crippen molar-refractivity contribution in [2.24, 2.45) is 0 Å². The van der Waals surface area contributed by atoms with Crippen LogP contribution < -0.4 is 4.74 Å². The molecule has 0 saturated heterocycles. The number of carbonyl (C=O) groups excluding carboxylic acids is 1. The molecule has 29 heavy (non-hydrogen) atoms. The quantitative estimate of drug-likeness (QED) is 0.300. The van der Waals surface area contributed by atoms with Crippen LogP contribution in [0.1, 0.15) is 43.7 Å². The first-order valence-corrected chi connectivity index (χ1v) is 11.6. The van der Waals surface area contributed by atoms with Gasteiger partial charge in [-0.15, -0.1) is 0 Å². The first-order valence-electron chi connectivity index (χ1n) is 9.75. The van der Waals surface area contributed by atoms with E-state index < -0.39 is 9.84 Å². The number of hydrogen-bond acceptors (Lipinski definition) is 5. The Balaban J connectivity index is 1.74. The van der Waals surface area contributed by atoms with Crippen LogP contribution in [-0.4, -0.2) is 33.9 Å². The fourth-order valence-corrected chi connectivity index (χ4v) is 3.18. The molecule has 0 unspecified atom stereocenters. The summed E-state index contributed by atoms with van der Waals surface area (Å²) in [6.45, 7) is 2.97. The van der Waals surface area contributed by atoms with Gasteiger partial charge in [0.2, 0.25) is 0 Å². The summed E-state index contributed by atoms with van der Waals surface area (Å²) in [6.07, 6.45) is 7.99. The zero-order valence-electron chi connectivity index (χ0n) is 17.0. The van der Waals surface area contributed by atoms with Crippen molar-refractivity contribution in [1.82, 2.24) is 0 Å². The molecule has 0 amide bonds. The number of rotatable bonds is 11. The normalized spacial score (nSPS) is 11.5. The minimum Gasteiger partial charge on any atom is -0.494 e. The molecule has 0 fully saturated rings. The van der Waals surface area contributed by atoms with Gasteiger partial charge in [0.25, 0.3) is 0 Å². The van der Waals surface area contributed by atoms with Gasteiger partial charge in [0, 0.05) is 12.7 Å². The van der Waals surface area contributed by atoms with E-state index >= 15 is 0 Å². The maximum absolute atomic E-state index is 11.5. The summed E-state index contributed by atoms with van der Waals surface area (Å²) in [6, 6.07) is 14.5. The first kappa shape index (κ1) is 22.7. The topological polar surface area (TPSA) is 69.7 Å². The first-order chi connectivity index (χ1) is 13.9. The molecule has 5 nitrogen and oxygen atoms in total. The highest BCUT2D eigenvalue weighted by Crippen LogP contribution is 2.16. The van der Waals surface area contributed by atoms with Gasteiger partial charge in [-0.05, 0) is 54.7 Å². The van der Waals surface area contributed by atoms with Crippen molar-refractivity contribution in [1.29, 1.82) is 0 Å². The zero-order valence-corrected chi connectivity index (χ0v) is 17.8.